The van der Waals surface area contributed by atoms with Gasteiger partial charge in [0.05, 0.1) is 0 Å². The topological polar surface area (TPSA) is 20.3 Å². The normalized spacial score (nSPS) is 18.6. The molecule has 0 aromatic heterocycles. The molecule has 2 nitrogen and oxygen atoms in total. The standard InChI is InChI=1S/C17H21NO/c1-3-6-17(19)18-12-5-7-16(13-18)15-10-8-14(4-2)9-11-15/h8-11,16H,4-5,7,12-13H2,1-2H3. The van der Waals surface area contributed by atoms with Gasteiger partial charge in [0, 0.05) is 19.0 Å². The van der Waals surface area contributed by atoms with E-state index in [1.165, 1.54) is 11.1 Å². The Kier molecular flexibility index (Phi) is 4.63. The highest BCUT2D eigenvalue weighted by molar-refractivity contribution is 5.93. The number of carbonyl (C=O) groups is 1. The summed E-state index contributed by atoms with van der Waals surface area (Å²) in [6.45, 7) is 5.53. The Morgan fingerprint density at radius 2 is 2.11 bits per heavy atom. The fourth-order valence-electron chi connectivity index (χ4n) is 2.65. The maximum absolute atomic E-state index is 11.8. The van der Waals surface area contributed by atoms with Crippen molar-refractivity contribution >= 4 is 5.91 Å². The summed E-state index contributed by atoms with van der Waals surface area (Å²) in [6.07, 6.45) is 3.30. The summed E-state index contributed by atoms with van der Waals surface area (Å²) in [7, 11) is 0. The Morgan fingerprint density at radius 1 is 1.37 bits per heavy atom. The van der Waals surface area contributed by atoms with Crippen molar-refractivity contribution in [3.05, 3.63) is 35.4 Å². The van der Waals surface area contributed by atoms with E-state index in [2.05, 4.69) is 43.0 Å². The van der Waals surface area contributed by atoms with E-state index < -0.39 is 0 Å². The number of piperidine rings is 1. The maximum atomic E-state index is 11.8. The zero-order valence-corrected chi connectivity index (χ0v) is 11.8. The van der Waals surface area contributed by atoms with Gasteiger partial charge in [-0.25, -0.2) is 0 Å². The van der Waals surface area contributed by atoms with E-state index in [1.54, 1.807) is 6.92 Å². The number of likely N-dealkylation sites (tertiary alicyclic amines) is 1. The van der Waals surface area contributed by atoms with Gasteiger partial charge >= 0.3 is 0 Å². The highest BCUT2D eigenvalue weighted by Crippen LogP contribution is 2.27. The second kappa shape index (κ2) is 6.43. The molecule has 0 radical (unpaired) electrons. The number of hydrogen-bond donors (Lipinski definition) is 0. The molecule has 19 heavy (non-hydrogen) atoms. The summed E-state index contributed by atoms with van der Waals surface area (Å²) < 4.78 is 0. The van der Waals surface area contributed by atoms with Gasteiger partial charge in [-0.15, -0.1) is 0 Å². The molecule has 2 heteroatoms. The van der Waals surface area contributed by atoms with Crippen LogP contribution in [0.15, 0.2) is 24.3 Å². The molecule has 0 aliphatic carbocycles. The first-order chi connectivity index (χ1) is 9.24. The number of nitrogens with zero attached hydrogens (tertiary/aromatic N) is 1. The monoisotopic (exact) mass is 255 g/mol. The molecule has 1 heterocycles. The van der Waals surface area contributed by atoms with E-state index in [0.29, 0.717) is 5.92 Å². The number of benzene rings is 1. The van der Waals surface area contributed by atoms with Crippen LogP contribution in [0.1, 0.15) is 43.7 Å². The van der Waals surface area contributed by atoms with Crippen molar-refractivity contribution in [2.24, 2.45) is 0 Å². The molecule has 100 valence electrons. The first-order valence-corrected chi connectivity index (χ1v) is 7.05. The third kappa shape index (κ3) is 3.38. The maximum Gasteiger partial charge on any atom is 0.298 e. The molecule has 1 saturated heterocycles. The van der Waals surface area contributed by atoms with Crippen LogP contribution in [0, 0.1) is 11.8 Å². The lowest BCUT2D eigenvalue weighted by atomic mass is 9.90. The molecule has 2 rings (SSSR count). The van der Waals surface area contributed by atoms with Crippen LogP contribution in [0.3, 0.4) is 0 Å². The largest absolute Gasteiger partial charge is 0.331 e. The first-order valence-electron chi connectivity index (χ1n) is 7.05. The molecule has 1 aliphatic rings. The van der Waals surface area contributed by atoms with Gasteiger partial charge in [-0.3, -0.25) is 4.79 Å². The Balaban J connectivity index is 2.07. The van der Waals surface area contributed by atoms with Crippen molar-refractivity contribution in [2.45, 2.75) is 39.0 Å². The van der Waals surface area contributed by atoms with E-state index in [4.69, 9.17) is 0 Å². The van der Waals surface area contributed by atoms with E-state index >= 15 is 0 Å². The predicted octanol–water partition coefficient (Wildman–Crippen LogP) is 2.98. The molecule has 1 atom stereocenters. The second-order valence-electron chi connectivity index (χ2n) is 5.06. The van der Waals surface area contributed by atoms with Crippen molar-refractivity contribution in [3.63, 3.8) is 0 Å². The summed E-state index contributed by atoms with van der Waals surface area (Å²) in [6, 6.07) is 8.82. The van der Waals surface area contributed by atoms with Crippen molar-refractivity contribution < 1.29 is 4.79 Å². The number of carbonyl (C=O) groups excluding carboxylic acids is 1. The molecule has 1 aromatic carbocycles. The Labute approximate surface area is 115 Å². The zero-order chi connectivity index (χ0) is 13.7. The molecule has 1 unspecified atom stereocenters. The van der Waals surface area contributed by atoms with Gasteiger partial charge in [0.15, 0.2) is 0 Å². The van der Waals surface area contributed by atoms with Crippen molar-refractivity contribution in [3.8, 4) is 11.8 Å². The SMILES string of the molecule is CC#CC(=O)N1CCCC(c2ccc(CC)cc2)C1. The average molecular weight is 255 g/mol. The van der Waals surface area contributed by atoms with Gasteiger partial charge in [-0.2, -0.15) is 0 Å². The van der Waals surface area contributed by atoms with Crippen LogP contribution >= 0.6 is 0 Å². The minimum Gasteiger partial charge on any atom is -0.331 e. The summed E-state index contributed by atoms with van der Waals surface area (Å²) in [5, 5.41) is 0. The van der Waals surface area contributed by atoms with E-state index in [0.717, 1.165) is 32.4 Å². The zero-order valence-electron chi connectivity index (χ0n) is 11.8. The lowest BCUT2D eigenvalue weighted by Crippen LogP contribution is -2.38. The number of hydrogen-bond acceptors (Lipinski definition) is 1. The number of aryl methyl sites for hydroxylation is 1. The lowest BCUT2D eigenvalue weighted by Gasteiger charge is -2.31. The van der Waals surface area contributed by atoms with Crippen molar-refractivity contribution in [1.82, 2.24) is 4.90 Å². The molecule has 0 bridgehead atoms. The van der Waals surface area contributed by atoms with Crippen LogP contribution in [0.4, 0.5) is 0 Å². The first kappa shape index (κ1) is 13.7. The van der Waals surface area contributed by atoms with Crippen molar-refractivity contribution in [1.29, 1.82) is 0 Å². The summed E-state index contributed by atoms with van der Waals surface area (Å²) >= 11 is 0. The van der Waals surface area contributed by atoms with E-state index in [9.17, 15) is 4.79 Å². The van der Waals surface area contributed by atoms with Gasteiger partial charge in [-0.1, -0.05) is 37.1 Å². The fourth-order valence-corrected chi connectivity index (χ4v) is 2.65. The smallest absolute Gasteiger partial charge is 0.298 e. The van der Waals surface area contributed by atoms with Crippen LogP contribution in [-0.2, 0) is 11.2 Å². The second-order valence-corrected chi connectivity index (χ2v) is 5.06. The molecule has 1 aliphatic heterocycles. The molecule has 0 N–H and O–H groups in total. The molecule has 0 spiro atoms. The summed E-state index contributed by atoms with van der Waals surface area (Å²) in [5.41, 5.74) is 2.71. The minimum atomic E-state index is -0.0302. The third-order valence-corrected chi connectivity index (χ3v) is 3.80. The Bertz CT molecular complexity index is 492. The predicted molar refractivity (Wildman–Crippen MR) is 77.8 cm³/mol. The van der Waals surface area contributed by atoms with Crippen LogP contribution in [0.25, 0.3) is 0 Å². The van der Waals surface area contributed by atoms with E-state index in [1.807, 2.05) is 4.90 Å². The lowest BCUT2D eigenvalue weighted by molar-refractivity contribution is -0.126. The number of rotatable bonds is 2. The number of amides is 1. The van der Waals surface area contributed by atoms with Gasteiger partial charge in [0.1, 0.15) is 0 Å². The van der Waals surface area contributed by atoms with Gasteiger partial charge < -0.3 is 4.90 Å². The van der Waals surface area contributed by atoms with Crippen LogP contribution in [-0.4, -0.2) is 23.9 Å². The van der Waals surface area contributed by atoms with Crippen LogP contribution < -0.4 is 0 Å². The van der Waals surface area contributed by atoms with Crippen molar-refractivity contribution in [2.75, 3.05) is 13.1 Å². The summed E-state index contributed by atoms with van der Waals surface area (Å²) in [5.74, 6) is 5.77. The highest BCUT2D eigenvalue weighted by atomic mass is 16.2. The highest BCUT2D eigenvalue weighted by Gasteiger charge is 2.23. The van der Waals surface area contributed by atoms with Gasteiger partial charge in [-0.05, 0) is 43.2 Å². The molecule has 1 aromatic rings. The molecular weight excluding hydrogens is 234 g/mol. The molecule has 1 amide bonds. The van der Waals surface area contributed by atoms with Crippen LogP contribution in [0.5, 0.6) is 0 Å². The van der Waals surface area contributed by atoms with Gasteiger partial charge in [0.25, 0.3) is 5.91 Å². The van der Waals surface area contributed by atoms with E-state index in [-0.39, 0.29) is 5.91 Å². The average Bonchev–Trinajstić information content (AvgIpc) is 2.48. The molecular formula is C17H21NO. The Hall–Kier alpha value is -1.75. The minimum absolute atomic E-state index is 0.0302. The quantitative estimate of drug-likeness (QED) is 0.744. The molecule has 0 saturated carbocycles. The third-order valence-electron chi connectivity index (χ3n) is 3.80. The van der Waals surface area contributed by atoms with Crippen LogP contribution in [0.2, 0.25) is 0 Å². The summed E-state index contributed by atoms with van der Waals surface area (Å²) in [4.78, 5) is 13.7. The van der Waals surface area contributed by atoms with Gasteiger partial charge in [0.2, 0.25) is 0 Å². The fraction of sp³-hybridized carbons (Fsp3) is 0.471. The molecule has 1 fully saturated rings. The Morgan fingerprint density at radius 3 is 2.74 bits per heavy atom.